The van der Waals surface area contributed by atoms with Crippen LogP contribution in [0.25, 0.3) is 0 Å². The van der Waals surface area contributed by atoms with E-state index in [0.717, 1.165) is 6.42 Å². The molecule has 2 amide bonds. The van der Waals surface area contributed by atoms with Crippen molar-refractivity contribution in [3.63, 3.8) is 0 Å². The first-order chi connectivity index (χ1) is 14.4. The Kier molecular flexibility index (Phi) is 9.27. The highest BCUT2D eigenvalue weighted by atomic mass is 16.5. The molecule has 0 aliphatic carbocycles. The van der Waals surface area contributed by atoms with E-state index in [2.05, 4.69) is 10.6 Å². The molecular weight excluding hydrogens is 390 g/mol. The first-order valence-corrected chi connectivity index (χ1v) is 10.2. The van der Waals surface area contributed by atoms with Crippen LogP contribution in [0.5, 0.6) is 0 Å². The standard InChI is InChI=1S/C21H29N3O6/c1-3-11-29-19(26)13-17-20(27)22-9-10-24(17)14-18(25)23-16-7-5-15(6-8-16)21(28)30-12-4-2/h5-8,17H,3-4,9-14H2,1-2H3,(H,22,27)(H,23,25). The van der Waals surface area contributed by atoms with E-state index in [0.29, 0.717) is 44.0 Å². The summed E-state index contributed by atoms with van der Waals surface area (Å²) in [5.41, 5.74) is 0.923. The molecule has 1 aliphatic rings. The summed E-state index contributed by atoms with van der Waals surface area (Å²) in [4.78, 5) is 50.1. The van der Waals surface area contributed by atoms with E-state index in [4.69, 9.17) is 9.47 Å². The zero-order valence-corrected chi connectivity index (χ0v) is 17.4. The second-order valence-electron chi connectivity index (χ2n) is 6.96. The fraction of sp³-hybridized carbons (Fsp3) is 0.524. The van der Waals surface area contributed by atoms with Crippen molar-refractivity contribution in [3.05, 3.63) is 29.8 Å². The summed E-state index contributed by atoms with van der Waals surface area (Å²) in [7, 11) is 0. The van der Waals surface area contributed by atoms with Gasteiger partial charge in [-0.25, -0.2) is 4.79 Å². The second kappa shape index (κ2) is 11.9. The molecule has 9 nitrogen and oxygen atoms in total. The summed E-state index contributed by atoms with van der Waals surface area (Å²) < 4.78 is 10.1. The lowest BCUT2D eigenvalue weighted by molar-refractivity contribution is -0.148. The van der Waals surface area contributed by atoms with Crippen LogP contribution in [-0.4, -0.2) is 67.5 Å². The molecule has 0 radical (unpaired) electrons. The minimum Gasteiger partial charge on any atom is -0.466 e. The van der Waals surface area contributed by atoms with E-state index < -0.39 is 18.0 Å². The van der Waals surface area contributed by atoms with Crippen LogP contribution in [0.2, 0.25) is 0 Å². The van der Waals surface area contributed by atoms with Crippen LogP contribution in [0.3, 0.4) is 0 Å². The Hall–Kier alpha value is -2.94. The van der Waals surface area contributed by atoms with Gasteiger partial charge in [0.15, 0.2) is 0 Å². The summed E-state index contributed by atoms with van der Waals surface area (Å²) in [5, 5.41) is 5.45. The molecule has 164 valence electrons. The van der Waals surface area contributed by atoms with Gasteiger partial charge in [-0.2, -0.15) is 0 Å². The van der Waals surface area contributed by atoms with E-state index in [-0.39, 0.29) is 24.8 Å². The van der Waals surface area contributed by atoms with Crippen LogP contribution in [0.15, 0.2) is 24.3 Å². The second-order valence-corrected chi connectivity index (χ2v) is 6.96. The van der Waals surface area contributed by atoms with Crippen LogP contribution in [0, 0.1) is 0 Å². The molecule has 2 N–H and O–H groups in total. The minimum atomic E-state index is -0.746. The molecule has 2 rings (SSSR count). The summed E-state index contributed by atoms with van der Waals surface area (Å²) in [6.07, 6.45) is 1.34. The number of hydrogen-bond donors (Lipinski definition) is 2. The van der Waals surface area contributed by atoms with Gasteiger partial charge >= 0.3 is 11.9 Å². The third-order valence-electron chi connectivity index (χ3n) is 4.46. The number of ether oxygens (including phenoxy) is 2. The number of hydrogen-bond acceptors (Lipinski definition) is 7. The van der Waals surface area contributed by atoms with Gasteiger partial charge in [0.2, 0.25) is 11.8 Å². The van der Waals surface area contributed by atoms with E-state index in [1.54, 1.807) is 29.2 Å². The average Bonchev–Trinajstić information content (AvgIpc) is 2.73. The lowest BCUT2D eigenvalue weighted by Crippen LogP contribution is -2.57. The maximum Gasteiger partial charge on any atom is 0.338 e. The lowest BCUT2D eigenvalue weighted by atomic mass is 10.1. The lowest BCUT2D eigenvalue weighted by Gasteiger charge is -2.33. The Morgan fingerprint density at radius 1 is 1.10 bits per heavy atom. The Labute approximate surface area is 176 Å². The number of piperazine rings is 1. The molecule has 9 heteroatoms. The van der Waals surface area contributed by atoms with Gasteiger partial charge in [-0.1, -0.05) is 13.8 Å². The summed E-state index contributed by atoms with van der Waals surface area (Å²) >= 11 is 0. The molecule has 1 saturated heterocycles. The third kappa shape index (κ3) is 7.14. The number of amides is 2. The Morgan fingerprint density at radius 2 is 1.77 bits per heavy atom. The van der Waals surface area contributed by atoms with E-state index in [1.165, 1.54) is 0 Å². The van der Waals surface area contributed by atoms with Crippen molar-refractivity contribution in [2.24, 2.45) is 0 Å². The van der Waals surface area contributed by atoms with Gasteiger partial charge < -0.3 is 20.1 Å². The summed E-state index contributed by atoms with van der Waals surface area (Å²) in [5.74, 6) is -1.49. The summed E-state index contributed by atoms with van der Waals surface area (Å²) in [6.45, 7) is 5.27. The smallest absolute Gasteiger partial charge is 0.338 e. The largest absolute Gasteiger partial charge is 0.466 e. The number of nitrogens with one attached hydrogen (secondary N) is 2. The van der Waals surface area contributed by atoms with E-state index in [9.17, 15) is 19.2 Å². The molecule has 1 atom stereocenters. The van der Waals surface area contributed by atoms with E-state index in [1.807, 2.05) is 13.8 Å². The molecule has 0 bridgehead atoms. The minimum absolute atomic E-state index is 0.0422. The molecule has 1 unspecified atom stereocenters. The SMILES string of the molecule is CCCOC(=O)CC1C(=O)NCCN1CC(=O)Nc1ccc(C(=O)OCCC)cc1. The highest BCUT2D eigenvalue weighted by Gasteiger charge is 2.33. The summed E-state index contributed by atoms with van der Waals surface area (Å²) in [6, 6.07) is 5.64. The molecule has 0 spiro atoms. The first-order valence-electron chi connectivity index (χ1n) is 10.2. The molecule has 0 saturated carbocycles. The van der Waals surface area contributed by atoms with Gasteiger partial charge in [0, 0.05) is 18.8 Å². The maximum absolute atomic E-state index is 12.5. The molecule has 1 aliphatic heterocycles. The molecule has 1 heterocycles. The molecule has 30 heavy (non-hydrogen) atoms. The third-order valence-corrected chi connectivity index (χ3v) is 4.46. The van der Waals surface area contributed by atoms with Crippen molar-refractivity contribution in [2.75, 3.05) is 38.2 Å². The monoisotopic (exact) mass is 419 g/mol. The molecule has 0 aromatic heterocycles. The fourth-order valence-corrected chi connectivity index (χ4v) is 2.96. The Bertz CT molecular complexity index is 750. The fourth-order valence-electron chi connectivity index (χ4n) is 2.96. The molecule has 1 fully saturated rings. The van der Waals surface area contributed by atoms with Crippen molar-refractivity contribution >= 4 is 29.4 Å². The van der Waals surface area contributed by atoms with Crippen molar-refractivity contribution in [1.82, 2.24) is 10.2 Å². The molecule has 1 aromatic carbocycles. The zero-order chi connectivity index (χ0) is 21.9. The number of benzene rings is 1. The number of esters is 2. The van der Waals surface area contributed by atoms with Crippen molar-refractivity contribution in [3.8, 4) is 0 Å². The highest BCUT2D eigenvalue weighted by Crippen LogP contribution is 2.13. The predicted octanol–water partition coefficient (Wildman–Crippen LogP) is 1.34. The van der Waals surface area contributed by atoms with Crippen LogP contribution in [0.4, 0.5) is 5.69 Å². The van der Waals surface area contributed by atoms with Gasteiger partial charge in [0.25, 0.3) is 0 Å². The van der Waals surface area contributed by atoms with Crippen LogP contribution in [-0.2, 0) is 23.9 Å². The molecule has 1 aromatic rings. The average molecular weight is 419 g/mol. The van der Waals surface area contributed by atoms with E-state index >= 15 is 0 Å². The van der Waals surface area contributed by atoms with Crippen LogP contribution < -0.4 is 10.6 Å². The zero-order valence-electron chi connectivity index (χ0n) is 17.4. The first kappa shape index (κ1) is 23.3. The van der Waals surface area contributed by atoms with Gasteiger partial charge in [0.1, 0.15) is 6.04 Å². The number of anilines is 1. The number of rotatable bonds is 10. The van der Waals surface area contributed by atoms with Gasteiger partial charge in [-0.3, -0.25) is 19.3 Å². The van der Waals surface area contributed by atoms with Crippen molar-refractivity contribution in [1.29, 1.82) is 0 Å². The predicted molar refractivity (Wildman–Crippen MR) is 110 cm³/mol. The van der Waals surface area contributed by atoms with Crippen LogP contribution in [0.1, 0.15) is 43.5 Å². The normalized spacial score (nSPS) is 16.5. The van der Waals surface area contributed by atoms with Gasteiger partial charge in [-0.15, -0.1) is 0 Å². The Balaban J connectivity index is 1.92. The maximum atomic E-state index is 12.5. The number of nitrogens with zero attached hydrogens (tertiary/aromatic N) is 1. The Morgan fingerprint density at radius 3 is 2.43 bits per heavy atom. The topological polar surface area (TPSA) is 114 Å². The van der Waals surface area contributed by atoms with Crippen molar-refractivity contribution in [2.45, 2.75) is 39.2 Å². The molecular formula is C21H29N3O6. The van der Waals surface area contributed by atoms with Crippen LogP contribution >= 0.6 is 0 Å². The van der Waals surface area contributed by atoms with Crippen molar-refractivity contribution < 1.29 is 28.7 Å². The number of carbonyl (C=O) groups is 4. The highest BCUT2D eigenvalue weighted by molar-refractivity contribution is 5.95. The number of carbonyl (C=O) groups excluding carboxylic acids is 4. The van der Waals surface area contributed by atoms with Gasteiger partial charge in [-0.05, 0) is 37.1 Å². The quantitative estimate of drug-likeness (QED) is 0.550. The van der Waals surface area contributed by atoms with Gasteiger partial charge in [0.05, 0.1) is 31.7 Å².